The van der Waals surface area contributed by atoms with Crippen LogP contribution in [0.2, 0.25) is 0 Å². The number of methoxy groups -OCH3 is 5. The van der Waals surface area contributed by atoms with Crippen LogP contribution in [0.5, 0.6) is 0 Å². The monoisotopic (exact) mass is 432 g/mol. The maximum atomic E-state index is 8.95. The average molecular weight is 433 g/mol. The van der Waals surface area contributed by atoms with E-state index in [2.05, 4.69) is 13.8 Å². The lowest BCUT2D eigenvalue weighted by molar-refractivity contribution is -0.277. The first-order valence-electron chi connectivity index (χ1n) is 11.9. The van der Waals surface area contributed by atoms with Gasteiger partial charge in [0, 0.05) is 56.2 Å². The van der Waals surface area contributed by atoms with Gasteiger partial charge >= 0.3 is 0 Å². The van der Waals surface area contributed by atoms with Crippen molar-refractivity contribution >= 4 is 0 Å². The minimum absolute atomic E-state index is 0.212. The van der Waals surface area contributed by atoms with Crippen molar-refractivity contribution in [3.8, 4) is 0 Å². The molecule has 7 heteroatoms. The van der Waals surface area contributed by atoms with Gasteiger partial charge in [0.1, 0.15) is 11.2 Å². The molecule has 2 aliphatic heterocycles. The molecule has 0 radical (unpaired) electrons. The molecule has 0 spiro atoms. The fraction of sp³-hybridized carbons (Fsp3) is 0.913. The Bertz CT molecular complexity index is 538. The second-order valence-corrected chi connectivity index (χ2v) is 8.00. The molecule has 2 saturated heterocycles. The zero-order valence-electron chi connectivity index (χ0n) is 21.6. The predicted octanol–water partition coefficient (Wildman–Crippen LogP) is 3.21. The van der Waals surface area contributed by atoms with Crippen LogP contribution in [0, 0.1) is 11.8 Å². The Morgan fingerprint density at radius 1 is 0.900 bits per heavy atom. The molecule has 0 aromatic rings. The summed E-state index contributed by atoms with van der Waals surface area (Å²) in [5.41, 5.74) is -0.227. The molecule has 2 aliphatic rings. The molecule has 0 N–H and O–H groups in total. The molecule has 0 aliphatic carbocycles. The summed E-state index contributed by atoms with van der Waals surface area (Å²) in [5.74, 6) is -0.845. The second kappa shape index (κ2) is 11.8. The summed E-state index contributed by atoms with van der Waals surface area (Å²) < 4.78 is 58.1. The highest BCUT2D eigenvalue weighted by Gasteiger charge is 2.56. The lowest BCUT2D eigenvalue weighted by Gasteiger charge is -2.55. The molecular weight excluding hydrogens is 388 g/mol. The van der Waals surface area contributed by atoms with E-state index in [1.807, 2.05) is 0 Å². The molecule has 8 unspecified atom stereocenters. The molecule has 30 heavy (non-hydrogen) atoms. The van der Waals surface area contributed by atoms with Crippen LogP contribution in [0.3, 0.4) is 0 Å². The Hall–Kier alpha value is -0.700. The molecule has 7 nitrogen and oxygen atoms in total. The van der Waals surface area contributed by atoms with E-state index < -0.39 is 35.8 Å². The van der Waals surface area contributed by atoms with Crippen molar-refractivity contribution in [3.63, 3.8) is 0 Å². The predicted molar refractivity (Wildman–Crippen MR) is 115 cm³/mol. The Morgan fingerprint density at radius 2 is 1.33 bits per heavy atom. The fourth-order valence-electron chi connectivity index (χ4n) is 4.62. The van der Waals surface area contributed by atoms with Crippen molar-refractivity contribution in [3.05, 3.63) is 11.8 Å². The van der Waals surface area contributed by atoms with E-state index in [-0.39, 0.29) is 25.4 Å². The molecule has 2 heterocycles. The summed E-state index contributed by atoms with van der Waals surface area (Å²) in [4.78, 5) is 0. The van der Waals surface area contributed by atoms with Crippen molar-refractivity contribution in [1.29, 1.82) is 0 Å². The Balaban J connectivity index is 2.56. The Labute approximate surface area is 185 Å². The van der Waals surface area contributed by atoms with Gasteiger partial charge in [-0.05, 0) is 31.2 Å². The molecule has 0 aromatic heterocycles. The van der Waals surface area contributed by atoms with Crippen molar-refractivity contribution < 1.29 is 35.9 Å². The van der Waals surface area contributed by atoms with Gasteiger partial charge in [-0.1, -0.05) is 13.8 Å². The third kappa shape index (κ3) is 4.87. The van der Waals surface area contributed by atoms with Crippen molar-refractivity contribution in [2.75, 3.05) is 62.0 Å². The van der Waals surface area contributed by atoms with Crippen molar-refractivity contribution in [2.45, 2.75) is 62.9 Å². The Morgan fingerprint density at radius 3 is 1.57 bits per heavy atom. The SMILES string of the molecule is [2H]C(COC)C(C(=COC)C(C([2H])COC)C1OCC1(CC)OC)C1OCC1(CC)OC. The van der Waals surface area contributed by atoms with E-state index >= 15 is 0 Å². The highest BCUT2D eigenvalue weighted by Crippen LogP contribution is 2.47. The first kappa shape index (κ1) is 22.5. The minimum Gasteiger partial charge on any atom is -0.504 e. The number of hydrogen-bond donors (Lipinski definition) is 0. The lowest BCUT2D eigenvalue weighted by atomic mass is 9.68. The third-order valence-electron chi connectivity index (χ3n) is 6.77. The van der Waals surface area contributed by atoms with E-state index in [4.69, 9.17) is 35.9 Å². The molecule has 0 bridgehead atoms. The highest BCUT2D eigenvalue weighted by molar-refractivity contribution is 5.21. The summed E-state index contributed by atoms with van der Waals surface area (Å²) >= 11 is 0. The van der Waals surface area contributed by atoms with Crippen molar-refractivity contribution in [1.82, 2.24) is 0 Å². The maximum absolute atomic E-state index is 8.95. The normalized spacial score (nSPS) is 35.7. The zero-order chi connectivity index (χ0) is 23.9. The summed E-state index contributed by atoms with van der Waals surface area (Å²) in [6, 6.07) is 0. The summed E-state index contributed by atoms with van der Waals surface area (Å²) in [6.45, 7) is 5.47. The second-order valence-electron chi connectivity index (χ2n) is 8.00. The van der Waals surface area contributed by atoms with E-state index in [0.29, 0.717) is 13.2 Å². The number of hydrogen-bond acceptors (Lipinski definition) is 7. The van der Waals surface area contributed by atoms with Crippen LogP contribution >= 0.6 is 0 Å². The first-order valence-corrected chi connectivity index (χ1v) is 10.7. The topological polar surface area (TPSA) is 64.6 Å². The molecule has 0 amide bonds. The van der Waals surface area contributed by atoms with Gasteiger partial charge in [0.15, 0.2) is 0 Å². The van der Waals surface area contributed by atoms with Gasteiger partial charge in [-0.25, -0.2) is 0 Å². The lowest BCUT2D eigenvalue weighted by Crippen LogP contribution is -2.65. The molecule has 2 fully saturated rings. The van der Waals surface area contributed by atoms with Gasteiger partial charge < -0.3 is 33.2 Å². The maximum Gasteiger partial charge on any atom is 0.117 e. The zero-order valence-corrected chi connectivity index (χ0v) is 19.6. The van der Waals surface area contributed by atoms with Crippen molar-refractivity contribution in [2.24, 2.45) is 11.8 Å². The number of ether oxygens (including phenoxy) is 7. The molecule has 0 aromatic carbocycles. The fourth-order valence-corrected chi connectivity index (χ4v) is 4.62. The smallest absolute Gasteiger partial charge is 0.117 e. The number of rotatable bonds is 15. The van der Waals surface area contributed by atoms with Gasteiger partial charge in [0.2, 0.25) is 0 Å². The highest BCUT2D eigenvalue weighted by atomic mass is 16.6. The van der Waals surface area contributed by atoms with Crippen LogP contribution in [-0.4, -0.2) is 85.4 Å². The van der Waals surface area contributed by atoms with Crippen LogP contribution in [0.25, 0.3) is 0 Å². The average Bonchev–Trinajstić information content (AvgIpc) is 2.75. The van der Waals surface area contributed by atoms with E-state index in [0.717, 1.165) is 18.4 Å². The van der Waals surface area contributed by atoms with Gasteiger partial charge in [-0.2, -0.15) is 0 Å². The summed E-state index contributed by atoms with van der Waals surface area (Å²) in [7, 11) is 8.11. The van der Waals surface area contributed by atoms with E-state index in [1.54, 1.807) is 41.8 Å². The standard InChI is InChI=1S/C23H42O7/c1-8-22(27-6)15-29-20(22)17(10-12-24-3)19(14-26-5)18(11-13-25-4)21-23(9-2,28-7)16-30-21/h14,17-18,20-21H,8-13,15-16H2,1-7H3/i10D,11D. The van der Waals surface area contributed by atoms with E-state index in [9.17, 15) is 0 Å². The minimum atomic E-state index is -0.649. The van der Waals surface area contributed by atoms with Crippen LogP contribution < -0.4 is 0 Å². The first-order chi connectivity index (χ1) is 15.3. The molecule has 8 atom stereocenters. The van der Waals surface area contributed by atoms with E-state index in [1.165, 1.54) is 0 Å². The van der Waals surface area contributed by atoms with Crippen LogP contribution in [0.4, 0.5) is 0 Å². The molecule has 176 valence electrons. The molecule has 0 saturated carbocycles. The quantitative estimate of drug-likeness (QED) is 0.368. The Kier molecular flexibility index (Phi) is 8.84. The van der Waals surface area contributed by atoms with Crippen LogP contribution in [-0.2, 0) is 33.2 Å². The van der Waals surface area contributed by atoms with Crippen LogP contribution in [0.15, 0.2) is 11.8 Å². The summed E-state index contributed by atoms with van der Waals surface area (Å²) in [5, 5.41) is 0. The molecular formula is C23H42O7. The third-order valence-corrected chi connectivity index (χ3v) is 6.77. The molecule has 2 rings (SSSR count). The summed E-state index contributed by atoms with van der Waals surface area (Å²) in [6.07, 6.45) is 1.11. The largest absolute Gasteiger partial charge is 0.504 e. The van der Waals surface area contributed by atoms with Gasteiger partial charge in [0.05, 0.1) is 38.8 Å². The van der Waals surface area contributed by atoms with Gasteiger partial charge in [-0.3, -0.25) is 0 Å². The van der Waals surface area contributed by atoms with Crippen LogP contribution in [0.1, 0.15) is 42.2 Å². The van der Waals surface area contributed by atoms with Gasteiger partial charge in [-0.15, -0.1) is 0 Å². The van der Waals surface area contributed by atoms with Gasteiger partial charge in [0.25, 0.3) is 0 Å².